The van der Waals surface area contributed by atoms with Gasteiger partial charge in [0.1, 0.15) is 5.75 Å². The van der Waals surface area contributed by atoms with E-state index < -0.39 is 0 Å². The van der Waals surface area contributed by atoms with E-state index >= 15 is 0 Å². The van der Waals surface area contributed by atoms with Gasteiger partial charge in [-0.2, -0.15) is 5.26 Å². The molecule has 0 aliphatic rings. The summed E-state index contributed by atoms with van der Waals surface area (Å²) in [6.45, 7) is 6.40. The first-order chi connectivity index (χ1) is 8.58. The number of nitriles is 1. The molecule has 0 aromatic heterocycles. The van der Waals surface area contributed by atoms with Crippen molar-refractivity contribution in [2.45, 2.75) is 27.2 Å². The molecule has 0 saturated carbocycles. The Labute approximate surface area is 108 Å². The summed E-state index contributed by atoms with van der Waals surface area (Å²) >= 11 is 0. The number of ether oxygens (including phenoxy) is 1. The molecular formula is C14H18N2O2. The standard InChI is InChI=1S/C14H18N2O2/c1-4-5-16-13(17)9-18-14-10(2)6-12(8-15)7-11(14)3/h6-7H,4-5,9H2,1-3H3,(H,16,17). The Morgan fingerprint density at radius 3 is 2.50 bits per heavy atom. The molecule has 1 amide bonds. The summed E-state index contributed by atoms with van der Waals surface area (Å²) in [6, 6.07) is 5.61. The Morgan fingerprint density at radius 2 is 2.00 bits per heavy atom. The van der Waals surface area contributed by atoms with Gasteiger partial charge in [0.15, 0.2) is 6.61 Å². The lowest BCUT2D eigenvalue weighted by Crippen LogP contribution is -2.29. The highest BCUT2D eigenvalue weighted by Gasteiger charge is 2.08. The number of amides is 1. The minimum Gasteiger partial charge on any atom is -0.483 e. The van der Waals surface area contributed by atoms with E-state index in [1.165, 1.54) is 0 Å². The number of carbonyl (C=O) groups excluding carboxylic acids is 1. The van der Waals surface area contributed by atoms with Crippen molar-refractivity contribution >= 4 is 5.91 Å². The van der Waals surface area contributed by atoms with Crippen LogP contribution in [0.2, 0.25) is 0 Å². The van der Waals surface area contributed by atoms with Gasteiger partial charge in [-0.3, -0.25) is 4.79 Å². The Morgan fingerprint density at radius 1 is 1.39 bits per heavy atom. The van der Waals surface area contributed by atoms with Crippen molar-refractivity contribution in [1.29, 1.82) is 5.26 Å². The van der Waals surface area contributed by atoms with Crippen molar-refractivity contribution in [2.75, 3.05) is 13.2 Å². The Bertz CT molecular complexity index is 452. The number of benzene rings is 1. The Hall–Kier alpha value is -2.02. The van der Waals surface area contributed by atoms with Crippen LogP contribution in [0.25, 0.3) is 0 Å². The average molecular weight is 246 g/mol. The average Bonchev–Trinajstić information content (AvgIpc) is 2.34. The topological polar surface area (TPSA) is 62.1 Å². The molecule has 0 bridgehead atoms. The molecule has 0 saturated heterocycles. The molecule has 0 radical (unpaired) electrons. The maximum absolute atomic E-state index is 11.4. The van der Waals surface area contributed by atoms with Gasteiger partial charge in [-0.05, 0) is 43.5 Å². The van der Waals surface area contributed by atoms with Crippen molar-refractivity contribution in [3.8, 4) is 11.8 Å². The molecule has 0 fully saturated rings. The van der Waals surface area contributed by atoms with E-state index in [-0.39, 0.29) is 12.5 Å². The summed E-state index contributed by atoms with van der Waals surface area (Å²) in [5.74, 6) is 0.556. The molecule has 4 heteroatoms. The molecule has 1 rings (SSSR count). The predicted molar refractivity (Wildman–Crippen MR) is 69.4 cm³/mol. The zero-order chi connectivity index (χ0) is 13.5. The van der Waals surface area contributed by atoms with E-state index in [1.54, 1.807) is 12.1 Å². The highest BCUT2D eigenvalue weighted by molar-refractivity contribution is 5.77. The molecule has 0 aliphatic carbocycles. The summed E-state index contributed by atoms with van der Waals surface area (Å²) in [5, 5.41) is 11.6. The van der Waals surface area contributed by atoms with E-state index in [2.05, 4.69) is 11.4 Å². The highest BCUT2D eigenvalue weighted by Crippen LogP contribution is 2.24. The fraction of sp³-hybridized carbons (Fsp3) is 0.429. The first kappa shape index (κ1) is 14.0. The molecule has 1 N–H and O–H groups in total. The van der Waals surface area contributed by atoms with Gasteiger partial charge in [0.05, 0.1) is 11.6 Å². The number of carbonyl (C=O) groups is 1. The minimum absolute atomic E-state index is 0.00752. The maximum Gasteiger partial charge on any atom is 0.257 e. The van der Waals surface area contributed by atoms with Crippen LogP contribution in [0.3, 0.4) is 0 Å². The van der Waals surface area contributed by atoms with Crippen LogP contribution in [-0.4, -0.2) is 19.1 Å². The lowest BCUT2D eigenvalue weighted by atomic mass is 10.1. The number of nitrogens with zero attached hydrogens (tertiary/aromatic N) is 1. The number of rotatable bonds is 5. The second-order valence-electron chi connectivity index (χ2n) is 4.19. The monoisotopic (exact) mass is 246 g/mol. The van der Waals surface area contributed by atoms with Crippen molar-refractivity contribution < 1.29 is 9.53 Å². The number of nitrogens with one attached hydrogen (secondary N) is 1. The van der Waals surface area contributed by atoms with Crippen molar-refractivity contribution in [2.24, 2.45) is 0 Å². The van der Waals surface area contributed by atoms with Gasteiger partial charge in [0.25, 0.3) is 5.91 Å². The van der Waals surface area contributed by atoms with Gasteiger partial charge in [0, 0.05) is 6.54 Å². The lowest BCUT2D eigenvalue weighted by Gasteiger charge is -2.12. The van der Waals surface area contributed by atoms with Crippen LogP contribution in [0.5, 0.6) is 5.75 Å². The molecule has 0 aliphatic heterocycles. The second-order valence-corrected chi connectivity index (χ2v) is 4.19. The highest BCUT2D eigenvalue weighted by atomic mass is 16.5. The molecule has 0 spiro atoms. The molecule has 18 heavy (non-hydrogen) atoms. The SMILES string of the molecule is CCCNC(=O)COc1c(C)cc(C#N)cc1C. The zero-order valence-electron chi connectivity index (χ0n) is 11.0. The normalized spacial score (nSPS) is 9.67. The number of hydrogen-bond donors (Lipinski definition) is 1. The fourth-order valence-corrected chi connectivity index (χ4v) is 1.70. The van der Waals surface area contributed by atoms with Crippen molar-refractivity contribution in [3.63, 3.8) is 0 Å². The largest absolute Gasteiger partial charge is 0.483 e. The van der Waals surface area contributed by atoms with Gasteiger partial charge < -0.3 is 10.1 Å². The second kappa shape index (κ2) is 6.65. The maximum atomic E-state index is 11.4. The third kappa shape index (κ3) is 3.77. The van der Waals surface area contributed by atoms with Gasteiger partial charge >= 0.3 is 0 Å². The molecule has 4 nitrogen and oxygen atoms in total. The van der Waals surface area contributed by atoms with Crippen LogP contribution in [-0.2, 0) is 4.79 Å². The van der Waals surface area contributed by atoms with Gasteiger partial charge in [-0.25, -0.2) is 0 Å². The molecular weight excluding hydrogens is 228 g/mol. The molecule has 0 atom stereocenters. The molecule has 0 heterocycles. The number of hydrogen-bond acceptors (Lipinski definition) is 3. The quantitative estimate of drug-likeness (QED) is 0.865. The summed E-state index contributed by atoms with van der Waals surface area (Å²) in [5.41, 5.74) is 2.34. The van der Waals surface area contributed by atoms with Crippen LogP contribution in [0, 0.1) is 25.2 Å². The smallest absolute Gasteiger partial charge is 0.257 e. The van der Waals surface area contributed by atoms with Gasteiger partial charge in [-0.15, -0.1) is 0 Å². The third-order valence-electron chi connectivity index (χ3n) is 2.51. The Balaban J connectivity index is 2.68. The van der Waals surface area contributed by atoms with Crippen LogP contribution in [0.1, 0.15) is 30.0 Å². The zero-order valence-corrected chi connectivity index (χ0v) is 11.0. The van der Waals surface area contributed by atoms with Crippen LogP contribution in [0.4, 0.5) is 0 Å². The van der Waals surface area contributed by atoms with Gasteiger partial charge in [-0.1, -0.05) is 6.92 Å². The van der Waals surface area contributed by atoms with Gasteiger partial charge in [0.2, 0.25) is 0 Å². The van der Waals surface area contributed by atoms with E-state index in [9.17, 15) is 4.79 Å². The summed E-state index contributed by atoms with van der Waals surface area (Å²) < 4.78 is 5.50. The summed E-state index contributed by atoms with van der Waals surface area (Å²) in [7, 11) is 0. The molecule has 96 valence electrons. The third-order valence-corrected chi connectivity index (χ3v) is 2.51. The van der Waals surface area contributed by atoms with Crippen LogP contribution in [0.15, 0.2) is 12.1 Å². The molecule has 1 aromatic carbocycles. The fourth-order valence-electron chi connectivity index (χ4n) is 1.70. The minimum atomic E-state index is -0.125. The first-order valence-corrected chi connectivity index (χ1v) is 5.99. The number of aryl methyl sites for hydroxylation is 2. The van der Waals surface area contributed by atoms with Crippen molar-refractivity contribution in [3.05, 3.63) is 28.8 Å². The Kier molecular flexibility index (Phi) is 5.19. The van der Waals surface area contributed by atoms with Crippen LogP contribution < -0.4 is 10.1 Å². The van der Waals surface area contributed by atoms with Crippen molar-refractivity contribution in [1.82, 2.24) is 5.32 Å². The first-order valence-electron chi connectivity index (χ1n) is 5.99. The van der Waals surface area contributed by atoms with Crippen LogP contribution >= 0.6 is 0 Å². The lowest BCUT2D eigenvalue weighted by molar-refractivity contribution is -0.123. The summed E-state index contributed by atoms with van der Waals surface area (Å²) in [4.78, 5) is 11.4. The molecule has 0 unspecified atom stereocenters. The van der Waals surface area contributed by atoms with E-state index in [4.69, 9.17) is 10.00 Å². The summed E-state index contributed by atoms with van der Waals surface area (Å²) in [6.07, 6.45) is 0.903. The van der Waals surface area contributed by atoms with E-state index in [0.29, 0.717) is 17.9 Å². The predicted octanol–water partition coefficient (Wildman–Crippen LogP) is 2.08. The molecule has 1 aromatic rings. The van der Waals surface area contributed by atoms with E-state index in [1.807, 2.05) is 20.8 Å². The van der Waals surface area contributed by atoms with E-state index in [0.717, 1.165) is 17.5 Å².